The third-order valence-corrected chi connectivity index (χ3v) is 3.77. The average Bonchev–Trinajstić information content (AvgIpc) is 3.11. The van der Waals surface area contributed by atoms with Crippen molar-refractivity contribution in [3.8, 4) is 5.75 Å². The first-order valence-electron chi connectivity index (χ1n) is 8.61. The number of guanidine groups is 1. The Labute approximate surface area is 144 Å². The lowest BCUT2D eigenvalue weighted by Gasteiger charge is -2.14. The molecule has 24 heavy (non-hydrogen) atoms. The maximum absolute atomic E-state index is 5.67. The topological polar surface area (TPSA) is 64.1 Å². The van der Waals surface area contributed by atoms with Crippen LogP contribution in [0.3, 0.4) is 0 Å². The van der Waals surface area contributed by atoms with Crippen molar-refractivity contribution in [2.45, 2.75) is 25.9 Å². The first-order chi connectivity index (χ1) is 11.8. The molecule has 2 rings (SSSR count). The third-order valence-electron chi connectivity index (χ3n) is 3.77. The molecule has 1 fully saturated rings. The van der Waals surface area contributed by atoms with E-state index in [0.717, 1.165) is 31.2 Å². The second kappa shape index (κ2) is 10.9. The Morgan fingerprint density at radius 3 is 2.62 bits per heavy atom. The summed E-state index contributed by atoms with van der Waals surface area (Å²) in [7, 11) is 1.75. The first kappa shape index (κ1) is 18.5. The van der Waals surface area contributed by atoms with Crippen LogP contribution >= 0.6 is 0 Å². The van der Waals surface area contributed by atoms with E-state index in [2.05, 4.69) is 22.5 Å². The Morgan fingerprint density at radius 2 is 1.96 bits per heavy atom. The molecule has 0 radical (unpaired) electrons. The molecule has 1 aliphatic heterocycles. The van der Waals surface area contributed by atoms with Crippen molar-refractivity contribution in [3.63, 3.8) is 0 Å². The van der Waals surface area contributed by atoms with Gasteiger partial charge in [0.2, 0.25) is 0 Å². The SMILES string of the molecule is CN=C(NCCOCC1CCCO1)NCCOc1ccc(C)cc1. The molecule has 134 valence electrons. The van der Waals surface area contributed by atoms with Crippen molar-refractivity contribution >= 4 is 5.96 Å². The van der Waals surface area contributed by atoms with E-state index in [9.17, 15) is 0 Å². The highest BCUT2D eigenvalue weighted by Crippen LogP contribution is 2.12. The predicted octanol–water partition coefficient (Wildman–Crippen LogP) is 1.73. The molecule has 0 spiro atoms. The molecule has 0 saturated carbocycles. The van der Waals surface area contributed by atoms with Gasteiger partial charge in [-0.3, -0.25) is 4.99 Å². The number of hydrogen-bond acceptors (Lipinski definition) is 4. The van der Waals surface area contributed by atoms with Crippen LogP contribution in [0.5, 0.6) is 5.75 Å². The molecule has 1 aliphatic rings. The van der Waals surface area contributed by atoms with Gasteiger partial charge in [-0.15, -0.1) is 0 Å². The normalized spacial score (nSPS) is 17.8. The van der Waals surface area contributed by atoms with Crippen LogP contribution in [0, 0.1) is 6.92 Å². The molecule has 1 aromatic carbocycles. The Balaban J connectivity index is 1.49. The highest BCUT2D eigenvalue weighted by atomic mass is 16.5. The fourth-order valence-electron chi connectivity index (χ4n) is 2.43. The van der Waals surface area contributed by atoms with Crippen molar-refractivity contribution in [3.05, 3.63) is 29.8 Å². The summed E-state index contributed by atoms with van der Waals surface area (Å²) >= 11 is 0. The molecule has 1 atom stereocenters. The van der Waals surface area contributed by atoms with Gasteiger partial charge in [0, 0.05) is 20.2 Å². The average molecular weight is 335 g/mol. The minimum absolute atomic E-state index is 0.279. The molecule has 0 aliphatic carbocycles. The molecule has 0 amide bonds. The van der Waals surface area contributed by atoms with E-state index >= 15 is 0 Å². The number of benzene rings is 1. The van der Waals surface area contributed by atoms with Gasteiger partial charge in [0.05, 0.1) is 25.9 Å². The van der Waals surface area contributed by atoms with Gasteiger partial charge in [0.1, 0.15) is 12.4 Å². The summed E-state index contributed by atoms with van der Waals surface area (Å²) in [6.07, 6.45) is 2.53. The zero-order chi connectivity index (χ0) is 17.0. The van der Waals surface area contributed by atoms with Gasteiger partial charge in [-0.25, -0.2) is 0 Å². The summed E-state index contributed by atoms with van der Waals surface area (Å²) in [5, 5.41) is 6.44. The van der Waals surface area contributed by atoms with Crippen LogP contribution in [0.15, 0.2) is 29.3 Å². The molecule has 1 saturated heterocycles. The summed E-state index contributed by atoms with van der Waals surface area (Å²) in [5.74, 6) is 1.64. The first-order valence-corrected chi connectivity index (χ1v) is 8.61. The van der Waals surface area contributed by atoms with Crippen molar-refractivity contribution in [2.24, 2.45) is 4.99 Å². The van der Waals surface area contributed by atoms with Crippen LogP contribution < -0.4 is 15.4 Å². The number of ether oxygens (including phenoxy) is 3. The standard InChI is InChI=1S/C18H29N3O3/c1-15-5-7-16(8-6-15)24-13-10-21-18(19-2)20-9-12-22-14-17-4-3-11-23-17/h5-8,17H,3-4,9-14H2,1-2H3,(H2,19,20,21). The molecular weight excluding hydrogens is 306 g/mol. The lowest BCUT2D eigenvalue weighted by Crippen LogP contribution is -2.40. The van der Waals surface area contributed by atoms with E-state index in [4.69, 9.17) is 14.2 Å². The fourth-order valence-corrected chi connectivity index (χ4v) is 2.43. The number of rotatable bonds is 9. The monoisotopic (exact) mass is 335 g/mol. The van der Waals surface area contributed by atoms with Gasteiger partial charge in [0.15, 0.2) is 5.96 Å². The summed E-state index contributed by atoms with van der Waals surface area (Å²) in [5.41, 5.74) is 1.23. The quantitative estimate of drug-likeness (QED) is 0.409. The minimum atomic E-state index is 0.279. The Morgan fingerprint density at radius 1 is 1.21 bits per heavy atom. The molecule has 0 aromatic heterocycles. The number of aliphatic imine (C=N–C) groups is 1. The Hall–Kier alpha value is -1.79. The van der Waals surface area contributed by atoms with Crippen LogP contribution in [-0.2, 0) is 9.47 Å². The van der Waals surface area contributed by atoms with E-state index < -0.39 is 0 Å². The molecule has 1 heterocycles. The zero-order valence-corrected chi connectivity index (χ0v) is 14.7. The smallest absolute Gasteiger partial charge is 0.191 e. The lowest BCUT2D eigenvalue weighted by atomic mass is 10.2. The van der Waals surface area contributed by atoms with Crippen LogP contribution in [0.25, 0.3) is 0 Å². The highest BCUT2D eigenvalue weighted by Gasteiger charge is 2.14. The van der Waals surface area contributed by atoms with Crippen molar-refractivity contribution < 1.29 is 14.2 Å². The van der Waals surface area contributed by atoms with Crippen molar-refractivity contribution in [2.75, 3.05) is 46.6 Å². The minimum Gasteiger partial charge on any atom is -0.492 e. The van der Waals surface area contributed by atoms with Crippen molar-refractivity contribution in [1.29, 1.82) is 0 Å². The maximum atomic E-state index is 5.67. The van der Waals surface area contributed by atoms with Gasteiger partial charge in [-0.1, -0.05) is 17.7 Å². The second-order valence-electron chi connectivity index (χ2n) is 5.80. The summed E-state index contributed by atoms with van der Waals surface area (Å²) < 4.78 is 16.8. The van der Waals surface area contributed by atoms with Crippen LogP contribution in [0.2, 0.25) is 0 Å². The highest BCUT2D eigenvalue weighted by molar-refractivity contribution is 5.79. The maximum Gasteiger partial charge on any atom is 0.191 e. The molecule has 6 nitrogen and oxygen atoms in total. The molecule has 0 bridgehead atoms. The summed E-state index contributed by atoms with van der Waals surface area (Å²) in [4.78, 5) is 4.18. The third kappa shape index (κ3) is 7.19. The second-order valence-corrected chi connectivity index (χ2v) is 5.80. The molecule has 1 unspecified atom stereocenters. The Kier molecular flexibility index (Phi) is 8.41. The number of hydrogen-bond donors (Lipinski definition) is 2. The van der Waals surface area contributed by atoms with Crippen LogP contribution in [-0.4, -0.2) is 58.6 Å². The van der Waals surface area contributed by atoms with Crippen LogP contribution in [0.1, 0.15) is 18.4 Å². The van der Waals surface area contributed by atoms with E-state index in [0.29, 0.717) is 32.9 Å². The summed E-state index contributed by atoms with van der Waals surface area (Å²) in [6.45, 7) is 6.23. The van der Waals surface area contributed by atoms with E-state index in [1.807, 2.05) is 24.3 Å². The molecule has 6 heteroatoms. The Bertz CT molecular complexity index is 485. The van der Waals surface area contributed by atoms with Gasteiger partial charge >= 0.3 is 0 Å². The van der Waals surface area contributed by atoms with E-state index in [1.165, 1.54) is 5.56 Å². The zero-order valence-electron chi connectivity index (χ0n) is 14.7. The molecule has 1 aromatic rings. The number of nitrogens with one attached hydrogen (secondary N) is 2. The largest absolute Gasteiger partial charge is 0.492 e. The van der Waals surface area contributed by atoms with Gasteiger partial charge in [-0.05, 0) is 31.9 Å². The predicted molar refractivity (Wildman–Crippen MR) is 95.8 cm³/mol. The number of aryl methyl sites for hydroxylation is 1. The summed E-state index contributed by atoms with van der Waals surface area (Å²) in [6, 6.07) is 8.04. The van der Waals surface area contributed by atoms with Gasteiger partial charge in [-0.2, -0.15) is 0 Å². The van der Waals surface area contributed by atoms with Gasteiger partial charge < -0.3 is 24.8 Å². The van der Waals surface area contributed by atoms with Gasteiger partial charge in [0.25, 0.3) is 0 Å². The molecular formula is C18H29N3O3. The lowest BCUT2D eigenvalue weighted by molar-refractivity contribution is 0.0191. The number of nitrogens with zero attached hydrogens (tertiary/aromatic N) is 1. The fraction of sp³-hybridized carbons (Fsp3) is 0.611. The van der Waals surface area contributed by atoms with Crippen LogP contribution in [0.4, 0.5) is 0 Å². The van der Waals surface area contributed by atoms with E-state index in [-0.39, 0.29) is 6.10 Å². The molecule has 2 N–H and O–H groups in total. The van der Waals surface area contributed by atoms with E-state index in [1.54, 1.807) is 7.05 Å². The van der Waals surface area contributed by atoms with Crippen molar-refractivity contribution in [1.82, 2.24) is 10.6 Å².